The highest BCUT2D eigenvalue weighted by Crippen LogP contribution is 2.31. The van der Waals surface area contributed by atoms with E-state index in [9.17, 15) is 0 Å². The summed E-state index contributed by atoms with van der Waals surface area (Å²) < 4.78 is 11.3. The number of hydrogen-bond donors (Lipinski definition) is 3. The van der Waals surface area contributed by atoms with Crippen molar-refractivity contribution < 1.29 is 9.47 Å². The molecule has 4 heterocycles. The number of pyridine rings is 1. The molecule has 2 aliphatic heterocycles. The van der Waals surface area contributed by atoms with Crippen LogP contribution in [-0.2, 0) is 16.0 Å². The molecule has 2 aromatic heterocycles. The summed E-state index contributed by atoms with van der Waals surface area (Å²) in [4.78, 5) is 19.7. The van der Waals surface area contributed by atoms with Gasteiger partial charge in [0.15, 0.2) is 6.29 Å². The Balaban J connectivity index is 1.16. The molecule has 2 saturated heterocycles. The van der Waals surface area contributed by atoms with Crippen LogP contribution in [0.3, 0.4) is 0 Å². The summed E-state index contributed by atoms with van der Waals surface area (Å²) in [6, 6.07) is 8.80. The number of piperazine rings is 1. The normalized spacial score (nSPS) is 18.5. The molecule has 10 nitrogen and oxygen atoms in total. The van der Waals surface area contributed by atoms with Crippen LogP contribution < -0.4 is 10.2 Å². The van der Waals surface area contributed by atoms with Gasteiger partial charge < -0.3 is 24.7 Å². The molecule has 5 rings (SSSR count). The molecule has 0 aliphatic carbocycles. The molecular weight excluding hydrogens is 611 g/mol. The van der Waals surface area contributed by atoms with Crippen molar-refractivity contribution in [1.82, 2.24) is 30.1 Å². The lowest BCUT2D eigenvalue weighted by molar-refractivity contribution is -0.131. The molecular formula is C33H46Cl2N8O2. The SMILES string of the molecule is CCOC(CNC(=N)c1cc(Cl)ccc1CN1CCC(N2CCN(c3ncc(-c4ncc[nH]4)cc3Cl)C[C@@H]2CC)CC1)OCC. The number of nitrogens with zero attached hydrogens (tertiary/aromatic N) is 5. The van der Waals surface area contributed by atoms with E-state index in [4.69, 9.17) is 43.1 Å². The zero-order chi connectivity index (χ0) is 31.8. The molecule has 2 fully saturated rings. The molecule has 12 heteroatoms. The van der Waals surface area contributed by atoms with Crippen molar-refractivity contribution in [2.45, 2.75) is 65.0 Å². The lowest BCUT2D eigenvalue weighted by Gasteiger charge is -2.47. The van der Waals surface area contributed by atoms with Crippen LogP contribution >= 0.6 is 23.2 Å². The van der Waals surface area contributed by atoms with Gasteiger partial charge in [-0.25, -0.2) is 9.97 Å². The average Bonchev–Trinajstić information content (AvgIpc) is 3.60. The second-order valence-corrected chi connectivity index (χ2v) is 12.5. The van der Waals surface area contributed by atoms with Crippen molar-refractivity contribution >= 4 is 34.9 Å². The maximum absolute atomic E-state index is 8.76. The third kappa shape index (κ3) is 8.55. The van der Waals surface area contributed by atoms with Gasteiger partial charge in [-0.3, -0.25) is 15.2 Å². The van der Waals surface area contributed by atoms with E-state index >= 15 is 0 Å². The summed E-state index contributed by atoms with van der Waals surface area (Å²) in [7, 11) is 0. The first-order valence-corrected chi connectivity index (χ1v) is 16.9. The molecule has 0 unspecified atom stereocenters. The van der Waals surface area contributed by atoms with Gasteiger partial charge in [0.2, 0.25) is 0 Å². The van der Waals surface area contributed by atoms with Crippen molar-refractivity contribution in [3.8, 4) is 11.4 Å². The monoisotopic (exact) mass is 656 g/mol. The molecule has 0 bridgehead atoms. The maximum atomic E-state index is 8.76. The summed E-state index contributed by atoms with van der Waals surface area (Å²) in [5, 5.41) is 13.2. The number of nitrogens with one attached hydrogen (secondary N) is 3. The molecule has 1 atom stereocenters. The standard InChI is InChI=1S/C33H46Cl2N8O2/c1-4-26-22-42(33-29(35)17-24(19-40-33)32-37-11-12-38-32)15-16-43(26)27-9-13-41(14-10-27)21-23-7-8-25(34)18-28(23)31(36)39-20-30(44-5-2)45-6-3/h7-8,11-12,17-19,26-27,30H,4-6,9-10,13-16,20-22H2,1-3H3,(H2,36,39)(H,37,38)/t26-/m0/s1. The second kappa shape index (κ2) is 16.2. The van der Waals surface area contributed by atoms with Gasteiger partial charge in [0, 0.05) is 86.2 Å². The van der Waals surface area contributed by atoms with Crippen LogP contribution in [0.4, 0.5) is 5.82 Å². The number of amidine groups is 1. The molecule has 45 heavy (non-hydrogen) atoms. The molecule has 0 spiro atoms. The number of anilines is 1. The van der Waals surface area contributed by atoms with E-state index in [1.54, 1.807) is 12.4 Å². The van der Waals surface area contributed by atoms with Crippen LogP contribution in [0.2, 0.25) is 10.0 Å². The lowest BCUT2D eigenvalue weighted by Crippen LogP contribution is -2.58. The van der Waals surface area contributed by atoms with Crippen LogP contribution in [0, 0.1) is 5.41 Å². The Morgan fingerprint density at radius 2 is 1.84 bits per heavy atom. The molecule has 3 N–H and O–H groups in total. The highest BCUT2D eigenvalue weighted by molar-refractivity contribution is 6.33. The molecule has 2 aliphatic rings. The number of hydrogen-bond acceptors (Lipinski definition) is 8. The number of aromatic nitrogens is 3. The molecule has 0 saturated carbocycles. The van der Waals surface area contributed by atoms with Gasteiger partial charge in [-0.15, -0.1) is 0 Å². The first-order valence-electron chi connectivity index (χ1n) is 16.1. The Morgan fingerprint density at radius 3 is 2.51 bits per heavy atom. The average molecular weight is 658 g/mol. The molecule has 244 valence electrons. The van der Waals surface area contributed by atoms with E-state index < -0.39 is 6.29 Å². The topological polar surface area (TPSA) is 106 Å². The Morgan fingerprint density at radius 1 is 1.07 bits per heavy atom. The third-order valence-corrected chi connectivity index (χ3v) is 9.32. The van der Waals surface area contributed by atoms with Crippen LogP contribution in [0.25, 0.3) is 11.4 Å². The largest absolute Gasteiger partial charge is 0.365 e. The predicted molar refractivity (Wildman–Crippen MR) is 181 cm³/mol. The van der Waals surface area contributed by atoms with E-state index in [1.165, 1.54) is 0 Å². The summed E-state index contributed by atoms with van der Waals surface area (Å²) in [6.45, 7) is 13.3. The Hall–Kier alpha value is -2.73. The van der Waals surface area contributed by atoms with E-state index in [-0.39, 0.29) is 0 Å². The summed E-state index contributed by atoms with van der Waals surface area (Å²) in [6.07, 6.45) is 8.32. The van der Waals surface area contributed by atoms with E-state index in [2.05, 4.69) is 43.0 Å². The minimum absolute atomic E-state index is 0.334. The van der Waals surface area contributed by atoms with Crippen LogP contribution in [-0.4, -0.2) is 101 Å². The second-order valence-electron chi connectivity index (χ2n) is 11.6. The van der Waals surface area contributed by atoms with Crippen LogP contribution in [0.5, 0.6) is 0 Å². The zero-order valence-corrected chi connectivity index (χ0v) is 28.1. The number of benzene rings is 1. The highest BCUT2D eigenvalue weighted by atomic mass is 35.5. The highest BCUT2D eigenvalue weighted by Gasteiger charge is 2.34. The summed E-state index contributed by atoms with van der Waals surface area (Å²) in [5.41, 5.74) is 2.81. The van der Waals surface area contributed by atoms with E-state index in [0.717, 1.165) is 86.9 Å². The van der Waals surface area contributed by atoms with Gasteiger partial charge in [0.1, 0.15) is 17.5 Å². The number of ether oxygens (including phenoxy) is 2. The van der Waals surface area contributed by atoms with Gasteiger partial charge in [-0.2, -0.15) is 0 Å². The van der Waals surface area contributed by atoms with Gasteiger partial charge in [-0.05, 0) is 70.0 Å². The first-order chi connectivity index (χ1) is 21.9. The van der Waals surface area contributed by atoms with E-state index in [1.807, 2.05) is 38.2 Å². The zero-order valence-electron chi connectivity index (χ0n) is 26.6. The fourth-order valence-electron chi connectivity index (χ4n) is 6.51. The first kappa shape index (κ1) is 33.6. The number of imidazole rings is 1. The van der Waals surface area contributed by atoms with Crippen LogP contribution in [0.15, 0.2) is 42.9 Å². The molecule has 3 aromatic rings. The lowest BCUT2D eigenvalue weighted by atomic mass is 9.97. The Bertz CT molecular complexity index is 1380. The molecule has 0 radical (unpaired) electrons. The van der Waals surface area contributed by atoms with Crippen molar-refractivity contribution in [2.75, 3.05) is 57.4 Å². The van der Waals surface area contributed by atoms with Gasteiger partial charge in [0.25, 0.3) is 0 Å². The number of piperidine rings is 1. The quantitative estimate of drug-likeness (QED) is 0.123. The van der Waals surface area contributed by atoms with Crippen molar-refractivity contribution in [3.63, 3.8) is 0 Å². The van der Waals surface area contributed by atoms with Crippen molar-refractivity contribution in [3.05, 3.63) is 64.0 Å². The molecule has 0 amide bonds. The number of likely N-dealkylation sites (tertiary alicyclic amines) is 1. The van der Waals surface area contributed by atoms with E-state index in [0.29, 0.717) is 47.7 Å². The third-order valence-electron chi connectivity index (χ3n) is 8.80. The Labute approximate surface area is 276 Å². The summed E-state index contributed by atoms with van der Waals surface area (Å²) >= 11 is 13.1. The van der Waals surface area contributed by atoms with Crippen molar-refractivity contribution in [1.29, 1.82) is 5.41 Å². The fraction of sp³-hybridized carbons (Fsp3) is 0.545. The minimum atomic E-state index is -0.392. The minimum Gasteiger partial charge on any atom is -0.365 e. The fourth-order valence-corrected chi connectivity index (χ4v) is 6.97. The van der Waals surface area contributed by atoms with Gasteiger partial charge in [0.05, 0.1) is 11.6 Å². The number of halogens is 2. The maximum Gasteiger partial charge on any atom is 0.174 e. The van der Waals surface area contributed by atoms with Crippen LogP contribution in [0.1, 0.15) is 51.2 Å². The number of aromatic amines is 1. The van der Waals surface area contributed by atoms with Gasteiger partial charge in [-0.1, -0.05) is 36.2 Å². The Kier molecular flexibility index (Phi) is 12.1. The number of H-pyrrole nitrogens is 1. The number of rotatable bonds is 13. The van der Waals surface area contributed by atoms with Gasteiger partial charge >= 0.3 is 0 Å². The molecule has 1 aromatic carbocycles. The van der Waals surface area contributed by atoms with Crippen molar-refractivity contribution in [2.24, 2.45) is 0 Å². The smallest absolute Gasteiger partial charge is 0.174 e. The predicted octanol–water partition coefficient (Wildman–Crippen LogP) is 5.66. The summed E-state index contributed by atoms with van der Waals surface area (Å²) in [5.74, 6) is 1.96.